The van der Waals surface area contributed by atoms with Gasteiger partial charge < -0.3 is 5.73 Å². The molecule has 0 saturated carbocycles. The first kappa shape index (κ1) is 15.5. The van der Waals surface area contributed by atoms with Crippen molar-refractivity contribution in [3.63, 3.8) is 0 Å². The van der Waals surface area contributed by atoms with Crippen molar-refractivity contribution in [2.75, 3.05) is 5.73 Å². The summed E-state index contributed by atoms with van der Waals surface area (Å²) in [6.45, 7) is 8.73. The van der Waals surface area contributed by atoms with Crippen LogP contribution in [0.3, 0.4) is 0 Å². The van der Waals surface area contributed by atoms with Gasteiger partial charge in [0.1, 0.15) is 0 Å². The van der Waals surface area contributed by atoms with Gasteiger partial charge in [0, 0.05) is 20.0 Å². The van der Waals surface area contributed by atoms with Gasteiger partial charge in [-0.3, -0.25) is 0 Å². The lowest BCUT2D eigenvalue weighted by Crippen LogP contribution is -2.10. The van der Waals surface area contributed by atoms with Crippen LogP contribution in [0, 0.1) is 6.92 Å². The van der Waals surface area contributed by atoms with Gasteiger partial charge in [0.05, 0.1) is 0 Å². The molecule has 3 heteroatoms. The van der Waals surface area contributed by atoms with Gasteiger partial charge in [0.25, 0.3) is 0 Å². The van der Waals surface area contributed by atoms with E-state index in [4.69, 9.17) is 5.73 Å². The summed E-state index contributed by atoms with van der Waals surface area (Å²) in [4.78, 5) is 2.43. The Kier molecular flexibility index (Phi) is 4.50. The van der Waals surface area contributed by atoms with Crippen LogP contribution in [0.1, 0.15) is 31.9 Å². The number of hydrogen-bond donors (Lipinski definition) is 1. The quantitative estimate of drug-likeness (QED) is 0.694. The maximum absolute atomic E-state index is 5.91. The Balaban J connectivity index is 2.25. The summed E-state index contributed by atoms with van der Waals surface area (Å²) in [7, 11) is 0. The molecule has 0 unspecified atom stereocenters. The first-order valence-electron chi connectivity index (χ1n) is 6.61. The normalized spacial score (nSPS) is 11.7. The molecule has 0 aliphatic carbocycles. The molecule has 0 heterocycles. The molecule has 1 nitrogen and oxygen atoms in total. The van der Waals surface area contributed by atoms with Crippen molar-refractivity contribution in [1.82, 2.24) is 0 Å². The number of anilines is 1. The minimum Gasteiger partial charge on any atom is -0.398 e. The number of benzene rings is 2. The molecule has 0 fully saturated rings. The second-order valence-corrected chi connectivity index (χ2v) is 7.99. The van der Waals surface area contributed by atoms with Gasteiger partial charge in [-0.2, -0.15) is 0 Å². The van der Waals surface area contributed by atoms with E-state index in [1.54, 1.807) is 11.8 Å². The van der Waals surface area contributed by atoms with Crippen LogP contribution in [0.15, 0.2) is 50.7 Å². The van der Waals surface area contributed by atoms with E-state index < -0.39 is 0 Å². The highest BCUT2D eigenvalue weighted by molar-refractivity contribution is 9.10. The van der Waals surface area contributed by atoms with Crippen LogP contribution in [-0.4, -0.2) is 0 Å². The highest BCUT2D eigenvalue weighted by Crippen LogP contribution is 2.36. The molecule has 2 aromatic carbocycles. The van der Waals surface area contributed by atoms with Crippen molar-refractivity contribution < 1.29 is 0 Å². The third-order valence-electron chi connectivity index (χ3n) is 3.27. The molecule has 0 aliphatic heterocycles. The van der Waals surface area contributed by atoms with Crippen LogP contribution in [-0.2, 0) is 5.41 Å². The van der Waals surface area contributed by atoms with E-state index >= 15 is 0 Å². The molecule has 0 bridgehead atoms. The Labute approximate surface area is 134 Å². The summed E-state index contributed by atoms with van der Waals surface area (Å²) in [6.07, 6.45) is 0. The maximum Gasteiger partial charge on any atom is 0.0355 e. The van der Waals surface area contributed by atoms with Crippen LogP contribution in [0.25, 0.3) is 0 Å². The van der Waals surface area contributed by atoms with E-state index in [2.05, 4.69) is 67.0 Å². The number of hydrogen-bond acceptors (Lipinski definition) is 2. The molecule has 0 saturated heterocycles. The number of nitrogens with two attached hydrogens (primary N) is 1. The van der Waals surface area contributed by atoms with Crippen molar-refractivity contribution in [2.24, 2.45) is 0 Å². The fourth-order valence-electron chi connectivity index (χ4n) is 1.90. The largest absolute Gasteiger partial charge is 0.398 e. The molecule has 0 spiro atoms. The SMILES string of the molecule is Cc1cc(Sc2ccc(C(C)(C)C)cc2)c(Br)cc1N. The standard InChI is InChI=1S/C17H20BrNS/c1-11-9-16(14(18)10-15(11)19)20-13-7-5-12(6-8-13)17(2,3)4/h5-10H,19H2,1-4H3. The lowest BCUT2D eigenvalue weighted by molar-refractivity contribution is 0.590. The summed E-state index contributed by atoms with van der Waals surface area (Å²) < 4.78 is 1.05. The van der Waals surface area contributed by atoms with Crippen LogP contribution in [0.2, 0.25) is 0 Å². The smallest absolute Gasteiger partial charge is 0.0355 e. The average molecular weight is 350 g/mol. The predicted molar refractivity (Wildman–Crippen MR) is 92.6 cm³/mol. The number of halogens is 1. The minimum atomic E-state index is 0.196. The van der Waals surface area contributed by atoms with Crippen molar-refractivity contribution >= 4 is 33.4 Å². The summed E-state index contributed by atoms with van der Waals surface area (Å²) in [5, 5.41) is 0. The van der Waals surface area contributed by atoms with E-state index in [9.17, 15) is 0 Å². The summed E-state index contributed by atoms with van der Waals surface area (Å²) in [5.41, 5.74) is 9.40. The molecular formula is C17H20BrNS. The minimum absolute atomic E-state index is 0.196. The van der Waals surface area contributed by atoms with Gasteiger partial charge in [-0.1, -0.05) is 44.7 Å². The third-order valence-corrected chi connectivity index (χ3v) is 5.25. The fraction of sp³-hybridized carbons (Fsp3) is 0.294. The molecule has 2 N–H and O–H groups in total. The van der Waals surface area contributed by atoms with E-state index in [1.165, 1.54) is 15.4 Å². The Morgan fingerprint density at radius 3 is 2.20 bits per heavy atom. The van der Waals surface area contributed by atoms with Crippen LogP contribution in [0.5, 0.6) is 0 Å². The second-order valence-electron chi connectivity index (χ2n) is 6.02. The molecule has 0 atom stereocenters. The Bertz CT molecular complexity index is 612. The predicted octanol–water partition coefficient (Wildman–Crippen LogP) is 5.79. The molecule has 20 heavy (non-hydrogen) atoms. The van der Waals surface area contributed by atoms with Crippen LogP contribution >= 0.6 is 27.7 Å². The molecule has 0 aromatic heterocycles. The molecule has 2 aromatic rings. The van der Waals surface area contributed by atoms with E-state index in [0.717, 1.165) is 15.7 Å². The van der Waals surface area contributed by atoms with Crippen molar-refractivity contribution in [3.05, 3.63) is 52.0 Å². The molecule has 2 rings (SSSR count). The van der Waals surface area contributed by atoms with Gasteiger partial charge in [0.15, 0.2) is 0 Å². The topological polar surface area (TPSA) is 26.0 Å². The second kappa shape index (κ2) is 5.82. The molecule has 0 aliphatic rings. The van der Waals surface area contributed by atoms with E-state index in [-0.39, 0.29) is 5.41 Å². The van der Waals surface area contributed by atoms with Crippen molar-refractivity contribution in [3.8, 4) is 0 Å². The van der Waals surface area contributed by atoms with Gasteiger partial charge in [0.2, 0.25) is 0 Å². The Hall–Kier alpha value is -0.930. The number of rotatable bonds is 2. The monoisotopic (exact) mass is 349 g/mol. The average Bonchev–Trinajstić information content (AvgIpc) is 2.35. The third kappa shape index (κ3) is 3.58. The molecule has 106 valence electrons. The van der Waals surface area contributed by atoms with Gasteiger partial charge >= 0.3 is 0 Å². The van der Waals surface area contributed by atoms with Gasteiger partial charge in [-0.05, 0) is 63.7 Å². The van der Waals surface area contributed by atoms with Crippen molar-refractivity contribution in [2.45, 2.75) is 42.9 Å². The highest BCUT2D eigenvalue weighted by atomic mass is 79.9. The van der Waals surface area contributed by atoms with Crippen LogP contribution in [0.4, 0.5) is 5.69 Å². The van der Waals surface area contributed by atoms with Gasteiger partial charge in [-0.25, -0.2) is 0 Å². The lowest BCUT2D eigenvalue weighted by atomic mass is 9.87. The molecular weight excluding hydrogens is 330 g/mol. The maximum atomic E-state index is 5.91. The Morgan fingerprint density at radius 2 is 1.65 bits per heavy atom. The first-order valence-corrected chi connectivity index (χ1v) is 8.22. The Morgan fingerprint density at radius 1 is 1.05 bits per heavy atom. The zero-order valence-electron chi connectivity index (χ0n) is 12.3. The van der Waals surface area contributed by atoms with Crippen molar-refractivity contribution in [1.29, 1.82) is 0 Å². The van der Waals surface area contributed by atoms with E-state index in [1.807, 2.05) is 13.0 Å². The summed E-state index contributed by atoms with van der Waals surface area (Å²) in [5.74, 6) is 0. The highest BCUT2D eigenvalue weighted by Gasteiger charge is 2.13. The summed E-state index contributed by atoms with van der Waals surface area (Å²) >= 11 is 5.34. The molecule has 0 amide bonds. The number of aryl methyl sites for hydroxylation is 1. The summed E-state index contributed by atoms with van der Waals surface area (Å²) in [6, 6.07) is 12.9. The zero-order valence-corrected chi connectivity index (χ0v) is 14.7. The fourth-order valence-corrected chi connectivity index (χ4v) is 3.42. The molecule has 0 radical (unpaired) electrons. The van der Waals surface area contributed by atoms with E-state index in [0.29, 0.717) is 0 Å². The van der Waals surface area contributed by atoms with Gasteiger partial charge in [-0.15, -0.1) is 0 Å². The first-order chi connectivity index (χ1) is 9.27. The van der Waals surface area contributed by atoms with Crippen LogP contribution < -0.4 is 5.73 Å². The zero-order chi connectivity index (χ0) is 14.9. The lowest BCUT2D eigenvalue weighted by Gasteiger charge is -2.19. The number of nitrogen functional groups attached to an aromatic ring is 1.